The minimum atomic E-state index is -4.57. The number of anilines is 1. The number of pyridine rings is 1. The molecule has 8 heteroatoms. The molecule has 5 nitrogen and oxygen atoms in total. The van der Waals surface area contributed by atoms with E-state index in [1.807, 2.05) is 0 Å². The first-order chi connectivity index (χ1) is 15.3. The summed E-state index contributed by atoms with van der Waals surface area (Å²) in [5.41, 5.74) is 0.955. The number of carbonyl (C=O) groups excluding carboxylic acids is 2. The Bertz CT molecular complexity index is 1310. The van der Waals surface area contributed by atoms with Crippen LogP contribution in [0.2, 0.25) is 0 Å². The van der Waals surface area contributed by atoms with Gasteiger partial charge in [0, 0.05) is 23.0 Å². The number of nitrogens with zero attached hydrogens (tertiary/aromatic N) is 1. The third-order valence-corrected chi connectivity index (χ3v) is 4.95. The van der Waals surface area contributed by atoms with Crippen molar-refractivity contribution in [3.8, 4) is 16.9 Å². The van der Waals surface area contributed by atoms with Crippen molar-refractivity contribution in [2.24, 2.45) is 0 Å². The Labute approximate surface area is 181 Å². The molecule has 0 spiro atoms. The van der Waals surface area contributed by atoms with Crippen LogP contribution in [-0.2, 0) is 11.0 Å². The predicted molar refractivity (Wildman–Crippen MR) is 114 cm³/mol. The Morgan fingerprint density at radius 3 is 2.38 bits per heavy atom. The first-order valence-corrected chi connectivity index (χ1v) is 9.55. The lowest BCUT2D eigenvalue weighted by molar-refractivity contribution is -0.137. The first kappa shape index (κ1) is 21.2. The lowest BCUT2D eigenvalue weighted by Gasteiger charge is -2.10. The predicted octanol–water partition coefficient (Wildman–Crippen LogP) is 5.46. The highest BCUT2D eigenvalue weighted by Crippen LogP contribution is 2.32. The SMILES string of the molecule is COc1ccc(-c2cc3ccccn3c2C(=O)C(=O)Nc2cccc(C(F)(F)F)c2)cc1. The van der Waals surface area contributed by atoms with Crippen LogP contribution in [0.4, 0.5) is 18.9 Å². The second kappa shape index (κ2) is 8.22. The van der Waals surface area contributed by atoms with Crippen LogP contribution in [0.3, 0.4) is 0 Å². The molecular formula is C24H17F3N2O3. The lowest BCUT2D eigenvalue weighted by Crippen LogP contribution is -2.24. The van der Waals surface area contributed by atoms with E-state index in [0.717, 1.165) is 12.1 Å². The number of rotatable bonds is 5. The number of ketones is 1. The maximum Gasteiger partial charge on any atom is 0.416 e. The smallest absolute Gasteiger partial charge is 0.416 e. The number of fused-ring (bicyclic) bond motifs is 1. The fraction of sp³-hybridized carbons (Fsp3) is 0.0833. The summed E-state index contributed by atoms with van der Waals surface area (Å²) in [4.78, 5) is 25.9. The van der Waals surface area contributed by atoms with Gasteiger partial charge in [0.05, 0.1) is 12.7 Å². The molecule has 162 valence electrons. The number of hydrogen-bond acceptors (Lipinski definition) is 3. The van der Waals surface area contributed by atoms with Crippen LogP contribution in [0.5, 0.6) is 5.75 Å². The highest BCUT2D eigenvalue weighted by Gasteiger charge is 2.31. The number of methoxy groups -OCH3 is 1. The summed E-state index contributed by atoms with van der Waals surface area (Å²) in [5.74, 6) is -1.28. The van der Waals surface area contributed by atoms with Crippen LogP contribution in [0.25, 0.3) is 16.6 Å². The van der Waals surface area contributed by atoms with Crippen molar-refractivity contribution in [1.29, 1.82) is 0 Å². The zero-order valence-corrected chi connectivity index (χ0v) is 16.8. The Morgan fingerprint density at radius 2 is 1.69 bits per heavy atom. The topological polar surface area (TPSA) is 59.8 Å². The summed E-state index contributed by atoms with van der Waals surface area (Å²) in [6.07, 6.45) is -2.92. The third-order valence-electron chi connectivity index (χ3n) is 4.95. The molecule has 2 aromatic carbocycles. The second-order valence-electron chi connectivity index (χ2n) is 6.99. The van der Waals surface area contributed by atoms with E-state index in [-0.39, 0.29) is 11.4 Å². The molecule has 0 fully saturated rings. The molecule has 0 unspecified atom stereocenters. The number of carbonyl (C=O) groups is 2. The third kappa shape index (κ3) is 4.07. The minimum absolute atomic E-state index is 0.107. The summed E-state index contributed by atoms with van der Waals surface area (Å²) in [6.45, 7) is 0. The molecule has 2 heterocycles. The number of alkyl halides is 3. The minimum Gasteiger partial charge on any atom is -0.497 e. The van der Waals surface area contributed by atoms with Crippen LogP contribution in [0, 0.1) is 0 Å². The zero-order valence-electron chi connectivity index (χ0n) is 16.8. The summed E-state index contributed by atoms with van der Waals surface area (Å²) < 4.78 is 45.6. The van der Waals surface area contributed by atoms with Gasteiger partial charge in [-0.3, -0.25) is 9.59 Å². The summed E-state index contributed by atoms with van der Waals surface area (Å²) in [7, 11) is 1.54. The summed E-state index contributed by atoms with van der Waals surface area (Å²) >= 11 is 0. The molecule has 4 aromatic rings. The van der Waals surface area contributed by atoms with Gasteiger partial charge >= 0.3 is 6.18 Å². The van der Waals surface area contributed by atoms with Crippen molar-refractivity contribution in [3.63, 3.8) is 0 Å². The van der Waals surface area contributed by atoms with E-state index in [9.17, 15) is 22.8 Å². The number of hydrogen-bond donors (Lipinski definition) is 1. The number of benzene rings is 2. The number of halogens is 3. The maximum atomic E-state index is 13.1. The molecule has 0 aliphatic heterocycles. The molecule has 0 radical (unpaired) electrons. The number of aromatic nitrogens is 1. The van der Waals surface area contributed by atoms with Gasteiger partial charge in [-0.2, -0.15) is 13.2 Å². The monoisotopic (exact) mass is 438 g/mol. The van der Waals surface area contributed by atoms with Crippen LogP contribution in [0.1, 0.15) is 16.1 Å². The second-order valence-corrected chi connectivity index (χ2v) is 6.99. The Balaban J connectivity index is 1.72. The number of ether oxygens (including phenoxy) is 1. The van der Waals surface area contributed by atoms with E-state index in [4.69, 9.17) is 4.74 Å². The van der Waals surface area contributed by atoms with Crippen LogP contribution in [-0.4, -0.2) is 23.2 Å². The van der Waals surface area contributed by atoms with E-state index < -0.39 is 23.4 Å². The lowest BCUT2D eigenvalue weighted by atomic mass is 10.0. The van der Waals surface area contributed by atoms with Crippen molar-refractivity contribution in [3.05, 3.63) is 90.3 Å². The number of amides is 1. The van der Waals surface area contributed by atoms with Gasteiger partial charge in [0.15, 0.2) is 0 Å². The van der Waals surface area contributed by atoms with Crippen LogP contribution >= 0.6 is 0 Å². The zero-order chi connectivity index (χ0) is 22.9. The molecule has 0 saturated carbocycles. The maximum absolute atomic E-state index is 13.1. The molecule has 0 aliphatic rings. The quantitative estimate of drug-likeness (QED) is 0.333. The Kier molecular flexibility index (Phi) is 5.44. The number of Topliss-reactive ketones (excluding diaryl/α,β-unsaturated/α-hetero) is 1. The molecule has 4 rings (SSSR count). The molecule has 0 saturated heterocycles. The van der Waals surface area contributed by atoms with Crippen molar-refractivity contribution in [2.45, 2.75) is 6.18 Å². The molecule has 0 atom stereocenters. The van der Waals surface area contributed by atoms with Crippen molar-refractivity contribution >= 4 is 22.9 Å². The van der Waals surface area contributed by atoms with Gasteiger partial charge in [-0.1, -0.05) is 24.3 Å². The van der Waals surface area contributed by atoms with E-state index in [1.54, 1.807) is 59.1 Å². The van der Waals surface area contributed by atoms with Gasteiger partial charge in [-0.05, 0) is 54.1 Å². The van der Waals surface area contributed by atoms with Crippen molar-refractivity contribution in [1.82, 2.24) is 4.40 Å². The highest BCUT2D eigenvalue weighted by molar-refractivity contribution is 6.47. The summed E-state index contributed by atoms with van der Waals surface area (Å²) in [6, 6.07) is 18.2. The van der Waals surface area contributed by atoms with Crippen LogP contribution < -0.4 is 10.1 Å². The average molecular weight is 438 g/mol. The fourth-order valence-corrected chi connectivity index (χ4v) is 3.41. The van der Waals surface area contributed by atoms with Gasteiger partial charge < -0.3 is 14.5 Å². The Hall–Kier alpha value is -4.07. The van der Waals surface area contributed by atoms with Crippen LogP contribution in [0.15, 0.2) is 79.0 Å². The largest absolute Gasteiger partial charge is 0.497 e. The molecule has 1 N–H and O–H groups in total. The highest BCUT2D eigenvalue weighted by atomic mass is 19.4. The van der Waals surface area contributed by atoms with E-state index in [0.29, 0.717) is 22.4 Å². The molecule has 0 aliphatic carbocycles. The molecule has 1 amide bonds. The summed E-state index contributed by atoms with van der Waals surface area (Å²) in [5, 5.41) is 2.28. The van der Waals surface area contributed by atoms with Gasteiger partial charge in [0.2, 0.25) is 0 Å². The van der Waals surface area contributed by atoms with E-state index in [2.05, 4.69) is 5.32 Å². The van der Waals surface area contributed by atoms with Crippen molar-refractivity contribution < 1.29 is 27.5 Å². The van der Waals surface area contributed by atoms with Crippen molar-refractivity contribution in [2.75, 3.05) is 12.4 Å². The van der Waals surface area contributed by atoms with E-state index >= 15 is 0 Å². The standard InChI is InChI=1S/C24H17F3N2O3/c1-32-19-10-8-15(9-11-19)20-14-18-7-2-3-12-29(18)21(20)22(30)23(31)28-17-6-4-5-16(13-17)24(25,26)27/h2-14H,1H3,(H,28,31). The Morgan fingerprint density at radius 1 is 0.938 bits per heavy atom. The number of nitrogens with one attached hydrogen (secondary N) is 1. The normalized spacial score (nSPS) is 11.4. The molecular weight excluding hydrogens is 421 g/mol. The van der Waals surface area contributed by atoms with Gasteiger partial charge in [0.1, 0.15) is 11.4 Å². The van der Waals surface area contributed by atoms with Gasteiger partial charge in [0.25, 0.3) is 11.7 Å². The fourth-order valence-electron chi connectivity index (χ4n) is 3.41. The van der Waals surface area contributed by atoms with Gasteiger partial charge in [-0.25, -0.2) is 0 Å². The first-order valence-electron chi connectivity index (χ1n) is 9.55. The molecule has 0 bridgehead atoms. The average Bonchev–Trinajstić information content (AvgIpc) is 3.17. The van der Waals surface area contributed by atoms with E-state index in [1.165, 1.54) is 19.2 Å². The molecule has 2 aromatic heterocycles. The van der Waals surface area contributed by atoms with Gasteiger partial charge in [-0.15, -0.1) is 0 Å². The molecule has 32 heavy (non-hydrogen) atoms.